The Balaban J connectivity index is 1.60. The molecule has 8 nitrogen and oxygen atoms in total. The molecule has 0 saturated carbocycles. The van der Waals surface area contributed by atoms with Crippen LogP contribution in [-0.4, -0.2) is 46.7 Å². The Bertz CT molecular complexity index is 812. The minimum atomic E-state index is -0.120. The van der Waals surface area contributed by atoms with Crippen molar-refractivity contribution in [3.05, 3.63) is 61.0 Å². The minimum absolute atomic E-state index is 0.120. The van der Waals surface area contributed by atoms with E-state index >= 15 is 0 Å². The number of rotatable bonds is 3. The van der Waals surface area contributed by atoms with Gasteiger partial charge in [0.1, 0.15) is 11.5 Å². The van der Waals surface area contributed by atoms with Gasteiger partial charge in [0, 0.05) is 62.7 Å². The van der Waals surface area contributed by atoms with Crippen LogP contribution in [0.25, 0.3) is 0 Å². The first-order chi connectivity index (χ1) is 11.8. The summed E-state index contributed by atoms with van der Waals surface area (Å²) >= 11 is 0. The Kier molecular flexibility index (Phi) is 3.78. The van der Waals surface area contributed by atoms with Gasteiger partial charge in [-0.3, -0.25) is 14.5 Å². The number of amides is 1. The van der Waals surface area contributed by atoms with Crippen molar-refractivity contribution in [3.63, 3.8) is 0 Å². The molecule has 122 valence electrons. The molecule has 3 aromatic rings. The van der Waals surface area contributed by atoms with Gasteiger partial charge >= 0.3 is 0 Å². The molecule has 0 N–H and O–H groups in total. The highest BCUT2D eigenvalue weighted by atomic mass is 16.2. The summed E-state index contributed by atoms with van der Waals surface area (Å²) in [5, 5.41) is 4.28. The minimum Gasteiger partial charge on any atom is -0.333 e. The van der Waals surface area contributed by atoms with Crippen LogP contribution in [0.3, 0.4) is 0 Å². The van der Waals surface area contributed by atoms with Crippen LogP contribution in [0.2, 0.25) is 0 Å². The zero-order valence-corrected chi connectivity index (χ0v) is 13.1. The highest BCUT2D eigenvalue weighted by molar-refractivity contribution is 5.91. The van der Waals surface area contributed by atoms with Crippen LogP contribution in [0.5, 0.6) is 0 Å². The van der Waals surface area contributed by atoms with E-state index in [1.54, 1.807) is 23.5 Å². The topological polar surface area (TPSA) is 81.7 Å². The molecular formula is C16H17N7O. The number of hydrogen-bond acceptors (Lipinski definition) is 5. The molecule has 0 saturated heterocycles. The molecule has 24 heavy (non-hydrogen) atoms. The molecule has 1 amide bonds. The van der Waals surface area contributed by atoms with E-state index in [4.69, 9.17) is 0 Å². The molecule has 3 aromatic heterocycles. The van der Waals surface area contributed by atoms with Gasteiger partial charge in [-0.25, -0.2) is 9.97 Å². The lowest BCUT2D eigenvalue weighted by molar-refractivity contribution is 0.0706. The SMILES string of the molecule is O=C(c1cnccn1)N1Cc2nccn2C[C@@H](Cn2cccn2)C1. The van der Waals surface area contributed by atoms with E-state index in [1.165, 1.54) is 12.4 Å². The van der Waals surface area contributed by atoms with Gasteiger partial charge in [-0.15, -0.1) is 0 Å². The number of carbonyl (C=O) groups is 1. The second-order valence-corrected chi connectivity index (χ2v) is 5.87. The Hall–Kier alpha value is -3.03. The molecule has 1 aliphatic rings. The van der Waals surface area contributed by atoms with Crippen molar-refractivity contribution >= 4 is 5.91 Å². The van der Waals surface area contributed by atoms with Crippen molar-refractivity contribution in [3.8, 4) is 0 Å². The van der Waals surface area contributed by atoms with Gasteiger partial charge in [-0.05, 0) is 6.07 Å². The van der Waals surface area contributed by atoms with E-state index in [0.29, 0.717) is 18.8 Å². The average molecular weight is 323 g/mol. The number of nitrogens with zero attached hydrogens (tertiary/aromatic N) is 7. The lowest BCUT2D eigenvalue weighted by Gasteiger charge is -2.23. The van der Waals surface area contributed by atoms with Gasteiger partial charge in [-0.2, -0.15) is 5.10 Å². The van der Waals surface area contributed by atoms with Crippen LogP contribution in [0, 0.1) is 5.92 Å². The summed E-state index contributed by atoms with van der Waals surface area (Å²) < 4.78 is 4.01. The monoisotopic (exact) mass is 323 g/mol. The smallest absolute Gasteiger partial charge is 0.274 e. The maximum absolute atomic E-state index is 12.8. The van der Waals surface area contributed by atoms with Crippen LogP contribution < -0.4 is 0 Å². The van der Waals surface area contributed by atoms with Gasteiger partial charge in [-0.1, -0.05) is 0 Å². The van der Waals surface area contributed by atoms with Crippen molar-refractivity contribution in [1.82, 2.24) is 34.2 Å². The first-order valence-corrected chi connectivity index (χ1v) is 7.82. The number of carbonyl (C=O) groups excluding carboxylic acids is 1. The Morgan fingerprint density at radius 3 is 2.88 bits per heavy atom. The molecule has 0 unspecified atom stereocenters. The molecule has 0 radical (unpaired) electrons. The summed E-state index contributed by atoms with van der Waals surface area (Å²) in [6, 6.07) is 1.90. The highest BCUT2D eigenvalue weighted by Crippen LogP contribution is 2.18. The highest BCUT2D eigenvalue weighted by Gasteiger charge is 2.27. The number of imidazole rings is 1. The predicted octanol–water partition coefficient (Wildman–Crippen LogP) is 0.842. The largest absolute Gasteiger partial charge is 0.333 e. The summed E-state index contributed by atoms with van der Waals surface area (Å²) in [5.74, 6) is 1.00. The zero-order chi connectivity index (χ0) is 16.4. The van der Waals surface area contributed by atoms with E-state index in [2.05, 4.69) is 24.6 Å². The van der Waals surface area contributed by atoms with Gasteiger partial charge in [0.05, 0.1) is 12.7 Å². The van der Waals surface area contributed by atoms with Gasteiger partial charge in [0.25, 0.3) is 5.91 Å². The third-order valence-corrected chi connectivity index (χ3v) is 4.14. The molecule has 1 aliphatic heterocycles. The molecule has 0 bridgehead atoms. The quantitative estimate of drug-likeness (QED) is 0.713. The summed E-state index contributed by atoms with van der Waals surface area (Å²) in [4.78, 5) is 27.1. The van der Waals surface area contributed by atoms with Crippen molar-refractivity contribution in [2.45, 2.75) is 19.6 Å². The fourth-order valence-corrected chi connectivity index (χ4v) is 3.06. The van der Waals surface area contributed by atoms with Crippen LogP contribution >= 0.6 is 0 Å². The standard InChI is InChI=1S/C16H17N7O/c24-16(14-8-17-3-4-18-14)22-10-13(11-23-6-1-2-20-23)9-21-7-5-19-15(21)12-22/h1-8,13H,9-12H2/t13-/m1/s1. The number of aromatic nitrogens is 6. The molecule has 1 atom stereocenters. The Labute approximate surface area is 138 Å². The summed E-state index contributed by atoms with van der Waals surface area (Å²) in [6.07, 6.45) is 12.0. The average Bonchev–Trinajstić information content (AvgIpc) is 3.24. The first kappa shape index (κ1) is 14.6. The second kappa shape index (κ2) is 6.23. The number of hydrogen-bond donors (Lipinski definition) is 0. The maximum Gasteiger partial charge on any atom is 0.274 e. The molecule has 8 heteroatoms. The first-order valence-electron chi connectivity index (χ1n) is 7.82. The van der Waals surface area contributed by atoms with E-state index in [-0.39, 0.29) is 11.8 Å². The van der Waals surface area contributed by atoms with E-state index in [1.807, 2.05) is 23.1 Å². The molecule has 0 aliphatic carbocycles. The Morgan fingerprint density at radius 1 is 1.12 bits per heavy atom. The Morgan fingerprint density at radius 2 is 2.08 bits per heavy atom. The van der Waals surface area contributed by atoms with Crippen molar-refractivity contribution < 1.29 is 4.79 Å². The molecule has 0 aromatic carbocycles. The van der Waals surface area contributed by atoms with Crippen LogP contribution in [0.15, 0.2) is 49.4 Å². The van der Waals surface area contributed by atoms with Crippen LogP contribution in [-0.2, 0) is 19.6 Å². The van der Waals surface area contributed by atoms with Gasteiger partial charge < -0.3 is 9.47 Å². The van der Waals surface area contributed by atoms with Crippen molar-refractivity contribution in [1.29, 1.82) is 0 Å². The van der Waals surface area contributed by atoms with Crippen molar-refractivity contribution in [2.75, 3.05) is 6.54 Å². The molecular weight excluding hydrogens is 306 g/mol. The van der Waals surface area contributed by atoms with Crippen LogP contribution in [0.4, 0.5) is 0 Å². The maximum atomic E-state index is 12.8. The predicted molar refractivity (Wildman–Crippen MR) is 84.7 cm³/mol. The fraction of sp³-hybridized carbons (Fsp3) is 0.312. The third kappa shape index (κ3) is 2.90. The molecule has 4 rings (SSSR count). The molecule has 0 fully saturated rings. The lowest BCUT2D eigenvalue weighted by atomic mass is 10.1. The van der Waals surface area contributed by atoms with Crippen molar-refractivity contribution in [2.24, 2.45) is 5.92 Å². The second-order valence-electron chi connectivity index (χ2n) is 5.87. The molecule has 4 heterocycles. The summed E-state index contributed by atoms with van der Waals surface area (Å²) in [7, 11) is 0. The van der Waals surface area contributed by atoms with Gasteiger partial charge in [0.2, 0.25) is 0 Å². The zero-order valence-electron chi connectivity index (χ0n) is 13.1. The van der Waals surface area contributed by atoms with E-state index in [9.17, 15) is 4.79 Å². The van der Waals surface area contributed by atoms with Crippen LogP contribution in [0.1, 0.15) is 16.3 Å². The lowest BCUT2D eigenvalue weighted by Crippen LogP contribution is -2.35. The summed E-state index contributed by atoms with van der Waals surface area (Å²) in [5.41, 5.74) is 0.357. The number of fused-ring (bicyclic) bond motifs is 1. The van der Waals surface area contributed by atoms with Gasteiger partial charge in [0.15, 0.2) is 0 Å². The molecule has 0 spiro atoms. The third-order valence-electron chi connectivity index (χ3n) is 4.14. The van der Waals surface area contributed by atoms with E-state index in [0.717, 1.165) is 18.9 Å². The summed E-state index contributed by atoms with van der Waals surface area (Å²) in [6.45, 7) is 2.64. The fourth-order valence-electron chi connectivity index (χ4n) is 3.06. The van der Waals surface area contributed by atoms with E-state index < -0.39 is 0 Å². The normalized spacial score (nSPS) is 17.3.